The molecule has 0 aromatic rings. The van der Waals surface area contributed by atoms with Crippen molar-refractivity contribution in [3.63, 3.8) is 0 Å². The fourth-order valence-corrected chi connectivity index (χ4v) is 4.13. The molecule has 0 aliphatic heterocycles. The van der Waals surface area contributed by atoms with Gasteiger partial charge in [-0.3, -0.25) is 0 Å². The molecule has 1 N–H and O–H groups in total. The Hall–Kier alpha value is -0.0400. The van der Waals surface area contributed by atoms with Crippen LogP contribution in [0.25, 0.3) is 0 Å². The Balaban J connectivity index is 1.91. The molecule has 4 saturated carbocycles. The monoisotopic (exact) mass is 166 g/mol. The lowest BCUT2D eigenvalue weighted by Gasteiger charge is -2.53. The van der Waals surface area contributed by atoms with Crippen LogP contribution in [0.2, 0.25) is 0 Å². The zero-order valence-electron chi connectivity index (χ0n) is 7.58. The zero-order valence-corrected chi connectivity index (χ0v) is 7.58. The summed E-state index contributed by atoms with van der Waals surface area (Å²) in [4.78, 5) is 0. The van der Waals surface area contributed by atoms with Crippen molar-refractivity contribution < 1.29 is 5.11 Å². The van der Waals surface area contributed by atoms with E-state index >= 15 is 0 Å². The molecule has 0 aromatic carbocycles. The van der Waals surface area contributed by atoms with Gasteiger partial charge >= 0.3 is 0 Å². The van der Waals surface area contributed by atoms with Gasteiger partial charge in [-0.05, 0) is 49.4 Å². The molecule has 4 bridgehead atoms. The van der Waals surface area contributed by atoms with Gasteiger partial charge < -0.3 is 5.11 Å². The molecule has 0 saturated heterocycles. The Kier molecular flexibility index (Phi) is 1.52. The minimum Gasteiger partial charge on any atom is -0.393 e. The van der Waals surface area contributed by atoms with Gasteiger partial charge in [-0.1, -0.05) is 12.8 Å². The Morgan fingerprint density at radius 1 is 0.833 bits per heavy atom. The van der Waals surface area contributed by atoms with E-state index in [4.69, 9.17) is 0 Å². The van der Waals surface area contributed by atoms with Crippen molar-refractivity contribution in [2.75, 3.05) is 0 Å². The summed E-state index contributed by atoms with van der Waals surface area (Å²) in [6.07, 6.45) is 8.34. The molecular formula is C11H18O. The van der Waals surface area contributed by atoms with E-state index in [1.54, 1.807) is 0 Å². The highest BCUT2D eigenvalue weighted by atomic mass is 16.3. The van der Waals surface area contributed by atoms with Crippen LogP contribution in [0.4, 0.5) is 0 Å². The molecule has 4 aliphatic carbocycles. The fourth-order valence-electron chi connectivity index (χ4n) is 4.13. The molecule has 0 radical (unpaired) electrons. The first-order valence-electron chi connectivity index (χ1n) is 5.54. The molecule has 1 nitrogen and oxygen atoms in total. The van der Waals surface area contributed by atoms with E-state index in [2.05, 4.69) is 0 Å². The van der Waals surface area contributed by atoms with E-state index in [1.807, 2.05) is 0 Å². The van der Waals surface area contributed by atoms with E-state index in [1.165, 1.54) is 38.5 Å². The van der Waals surface area contributed by atoms with Crippen LogP contribution in [0.3, 0.4) is 0 Å². The van der Waals surface area contributed by atoms with Crippen LogP contribution in [0, 0.1) is 23.7 Å². The molecule has 0 heterocycles. The van der Waals surface area contributed by atoms with Crippen LogP contribution in [0.15, 0.2) is 0 Å². The van der Waals surface area contributed by atoms with Crippen molar-refractivity contribution in [1.29, 1.82) is 0 Å². The third-order valence-electron chi connectivity index (χ3n) is 4.67. The molecular weight excluding hydrogens is 148 g/mol. The van der Waals surface area contributed by atoms with E-state index in [-0.39, 0.29) is 6.10 Å². The predicted molar refractivity (Wildman–Crippen MR) is 47.7 cm³/mol. The molecule has 4 aliphatic rings. The minimum atomic E-state index is 0.0836. The molecule has 4 rings (SSSR count). The Bertz CT molecular complexity index is 181. The molecule has 4 fully saturated rings. The van der Waals surface area contributed by atoms with E-state index < -0.39 is 0 Å². The molecule has 0 spiro atoms. The molecule has 68 valence electrons. The van der Waals surface area contributed by atoms with Gasteiger partial charge in [0, 0.05) is 0 Å². The van der Waals surface area contributed by atoms with Gasteiger partial charge in [0.05, 0.1) is 6.10 Å². The summed E-state index contributed by atoms with van der Waals surface area (Å²) in [5, 5.41) is 10.0. The highest BCUT2D eigenvalue weighted by Gasteiger charge is 2.48. The first-order chi connectivity index (χ1) is 5.86. The van der Waals surface area contributed by atoms with Crippen LogP contribution in [0.1, 0.15) is 38.5 Å². The second kappa shape index (κ2) is 2.47. The maximum Gasteiger partial charge on any atom is 0.0599 e. The topological polar surface area (TPSA) is 20.2 Å². The number of aliphatic hydroxyl groups excluding tert-OH is 1. The summed E-state index contributed by atoms with van der Waals surface area (Å²) >= 11 is 0. The SMILES string of the molecule is O[C@@H]1C2CCCC3C[C@@H]1CC[C@@H]32. The lowest BCUT2D eigenvalue weighted by molar-refractivity contribution is -0.107. The smallest absolute Gasteiger partial charge is 0.0599 e. The van der Waals surface area contributed by atoms with Gasteiger partial charge in [0.15, 0.2) is 0 Å². The normalized spacial score (nSPS) is 57.2. The zero-order chi connectivity index (χ0) is 8.13. The Morgan fingerprint density at radius 2 is 1.75 bits per heavy atom. The van der Waals surface area contributed by atoms with Gasteiger partial charge in [-0.15, -0.1) is 0 Å². The second-order valence-electron chi connectivity index (χ2n) is 5.08. The summed E-state index contributed by atoms with van der Waals surface area (Å²) in [7, 11) is 0. The third-order valence-corrected chi connectivity index (χ3v) is 4.67. The van der Waals surface area contributed by atoms with E-state index in [9.17, 15) is 5.11 Å². The summed E-state index contributed by atoms with van der Waals surface area (Å²) in [5.74, 6) is 3.31. The van der Waals surface area contributed by atoms with Gasteiger partial charge in [0.2, 0.25) is 0 Å². The van der Waals surface area contributed by atoms with Gasteiger partial charge in [-0.25, -0.2) is 0 Å². The van der Waals surface area contributed by atoms with Crippen molar-refractivity contribution >= 4 is 0 Å². The third kappa shape index (κ3) is 0.834. The summed E-state index contributed by atoms with van der Waals surface area (Å²) in [6.45, 7) is 0. The lowest BCUT2D eigenvalue weighted by Crippen LogP contribution is -2.50. The molecule has 12 heavy (non-hydrogen) atoms. The van der Waals surface area contributed by atoms with Crippen LogP contribution in [0.5, 0.6) is 0 Å². The number of fused-ring (bicyclic) bond motifs is 1. The van der Waals surface area contributed by atoms with Gasteiger partial charge in [-0.2, -0.15) is 0 Å². The maximum atomic E-state index is 10.0. The Morgan fingerprint density at radius 3 is 2.58 bits per heavy atom. The van der Waals surface area contributed by atoms with Crippen molar-refractivity contribution in [3.8, 4) is 0 Å². The van der Waals surface area contributed by atoms with Crippen molar-refractivity contribution in [1.82, 2.24) is 0 Å². The molecule has 0 amide bonds. The Labute approximate surface area is 74.2 Å². The van der Waals surface area contributed by atoms with Crippen LogP contribution >= 0.6 is 0 Å². The molecule has 1 heteroatoms. The summed E-state index contributed by atoms with van der Waals surface area (Å²) in [5.41, 5.74) is 0. The van der Waals surface area contributed by atoms with Crippen LogP contribution in [-0.4, -0.2) is 11.2 Å². The van der Waals surface area contributed by atoms with Gasteiger partial charge in [0.25, 0.3) is 0 Å². The predicted octanol–water partition coefficient (Wildman–Crippen LogP) is 2.19. The lowest BCUT2D eigenvalue weighted by atomic mass is 9.53. The quantitative estimate of drug-likeness (QED) is 0.585. The second-order valence-corrected chi connectivity index (χ2v) is 5.08. The highest BCUT2D eigenvalue weighted by Crippen LogP contribution is 2.54. The first-order valence-corrected chi connectivity index (χ1v) is 5.54. The summed E-state index contributed by atoms with van der Waals surface area (Å²) in [6, 6.07) is 0. The highest BCUT2D eigenvalue weighted by molar-refractivity contribution is 4.99. The minimum absolute atomic E-state index is 0.0836. The average Bonchev–Trinajstić information content (AvgIpc) is 2.13. The number of rotatable bonds is 0. The van der Waals surface area contributed by atoms with Crippen LogP contribution < -0.4 is 0 Å². The van der Waals surface area contributed by atoms with E-state index in [0.29, 0.717) is 11.8 Å². The van der Waals surface area contributed by atoms with Crippen molar-refractivity contribution in [3.05, 3.63) is 0 Å². The van der Waals surface area contributed by atoms with Crippen LogP contribution in [-0.2, 0) is 0 Å². The van der Waals surface area contributed by atoms with E-state index in [0.717, 1.165) is 11.8 Å². The summed E-state index contributed by atoms with van der Waals surface area (Å²) < 4.78 is 0. The standard InChI is InChI=1S/C11H18O/c12-11-8-4-5-9-7(6-8)2-1-3-10(9)11/h7-12H,1-6H2/t7?,8-,9-,10?,11-/m0/s1. The molecule has 5 atom stereocenters. The number of aliphatic hydroxyl groups is 1. The van der Waals surface area contributed by atoms with Crippen molar-refractivity contribution in [2.45, 2.75) is 44.6 Å². The van der Waals surface area contributed by atoms with Gasteiger partial charge in [0.1, 0.15) is 0 Å². The largest absolute Gasteiger partial charge is 0.393 e. The number of hydrogen-bond donors (Lipinski definition) is 1. The van der Waals surface area contributed by atoms with Crippen molar-refractivity contribution in [2.24, 2.45) is 23.7 Å². The molecule has 0 aromatic heterocycles. The first kappa shape index (κ1) is 7.37. The average molecular weight is 166 g/mol. The fraction of sp³-hybridized carbons (Fsp3) is 1.00. The molecule has 2 unspecified atom stereocenters. The number of hydrogen-bond acceptors (Lipinski definition) is 1. The maximum absolute atomic E-state index is 10.0.